The van der Waals surface area contributed by atoms with Crippen molar-refractivity contribution < 1.29 is 19.4 Å². The van der Waals surface area contributed by atoms with Crippen LogP contribution in [0.4, 0.5) is 0 Å². The molecule has 0 fully saturated rings. The number of hydrogen-bond donors (Lipinski definition) is 1. The van der Waals surface area contributed by atoms with E-state index in [1.54, 1.807) is 6.92 Å². The summed E-state index contributed by atoms with van der Waals surface area (Å²) in [7, 11) is 0. The van der Waals surface area contributed by atoms with Gasteiger partial charge in [-0.3, -0.25) is 9.59 Å². The van der Waals surface area contributed by atoms with Crippen LogP contribution in [-0.2, 0) is 20.7 Å². The third-order valence-corrected chi connectivity index (χ3v) is 4.08. The molecule has 20 heavy (non-hydrogen) atoms. The number of fused-ring (bicyclic) bond motifs is 1. The van der Waals surface area contributed by atoms with Gasteiger partial charge in [-0.2, -0.15) is 0 Å². The fourth-order valence-electron chi connectivity index (χ4n) is 1.82. The molecule has 1 atom stereocenters. The van der Waals surface area contributed by atoms with Gasteiger partial charge in [0.25, 0.3) is 0 Å². The van der Waals surface area contributed by atoms with Gasteiger partial charge >= 0.3 is 11.9 Å². The zero-order chi connectivity index (χ0) is 14.8. The van der Waals surface area contributed by atoms with Crippen molar-refractivity contribution in [3.05, 3.63) is 29.3 Å². The van der Waals surface area contributed by atoms with Crippen LogP contribution < -0.4 is 0 Å². The maximum Gasteiger partial charge on any atom is 0.323 e. The molecule has 0 spiro atoms. The number of carbonyl (C=O) groups is 2. The van der Waals surface area contributed by atoms with E-state index < -0.39 is 17.4 Å². The SMILES string of the molecule is CCOC(=O)C(C)(Cc1nc2ccccc2s1)C(=O)O. The molecule has 6 heteroatoms. The maximum atomic E-state index is 11.9. The minimum absolute atomic E-state index is 0.0283. The van der Waals surface area contributed by atoms with Crippen LogP contribution in [0.1, 0.15) is 18.9 Å². The molecule has 0 bridgehead atoms. The summed E-state index contributed by atoms with van der Waals surface area (Å²) in [4.78, 5) is 27.7. The summed E-state index contributed by atoms with van der Waals surface area (Å²) >= 11 is 1.39. The smallest absolute Gasteiger partial charge is 0.323 e. The summed E-state index contributed by atoms with van der Waals surface area (Å²) in [6.45, 7) is 3.18. The van der Waals surface area contributed by atoms with E-state index in [0.29, 0.717) is 5.01 Å². The van der Waals surface area contributed by atoms with Gasteiger partial charge in [-0.1, -0.05) is 12.1 Å². The van der Waals surface area contributed by atoms with Crippen molar-refractivity contribution in [1.29, 1.82) is 0 Å². The van der Waals surface area contributed by atoms with Crippen molar-refractivity contribution in [3.8, 4) is 0 Å². The molecule has 2 aromatic rings. The van der Waals surface area contributed by atoms with E-state index >= 15 is 0 Å². The summed E-state index contributed by atoms with van der Waals surface area (Å²) in [5.41, 5.74) is -0.798. The first-order valence-electron chi connectivity index (χ1n) is 6.22. The molecule has 1 N–H and O–H groups in total. The number of aliphatic carboxylic acids is 1. The number of carboxylic acid groups (broad SMARTS) is 1. The van der Waals surface area contributed by atoms with Gasteiger partial charge in [0, 0.05) is 6.42 Å². The highest BCUT2D eigenvalue weighted by Gasteiger charge is 2.43. The number of thiazole rings is 1. The monoisotopic (exact) mass is 293 g/mol. The molecule has 1 heterocycles. The van der Waals surface area contributed by atoms with Crippen LogP contribution in [0.3, 0.4) is 0 Å². The van der Waals surface area contributed by atoms with E-state index in [1.807, 2.05) is 24.3 Å². The third-order valence-electron chi connectivity index (χ3n) is 3.04. The van der Waals surface area contributed by atoms with E-state index in [-0.39, 0.29) is 13.0 Å². The Bertz CT molecular complexity index is 618. The lowest BCUT2D eigenvalue weighted by Gasteiger charge is -2.21. The fourth-order valence-corrected chi connectivity index (χ4v) is 2.95. The van der Waals surface area contributed by atoms with Crippen molar-refractivity contribution in [2.75, 3.05) is 6.61 Å². The van der Waals surface area contributed by atoms with Gasteiger partial charge in [-0.05, 0) is 26.0 Å². The molecule has 0 saturated heterocycles. The average Bonchev–Trinajstić information content (AvgIpc) is 2.80. The van der Waals surface area contributed by atoms with E-state index in [2.05, 4.69) is 4.98 Å². The normalized spacial score (nSPS) is 13.9. The molecule has 0 aliphatic rings. The van der Waals surface area contributed by atoms with Crippen LogP contribution in [0, 0.1) is 5.41 Å². The average molecular weight is 293 g/mol. The number of nitrogens with zero attached hydrogens (tertiary/aromatic N) is 1. The molecule has 1 unspecified atom stereocenters. The van der Waals surface area contributed by atoms with E-state index in [1.165, 1.54) is 18.3 Å². The highest BCUT2D eigenvalue weighted by atomic mass is 32.1. The van der Waals surface area contributed by atoms with Gasteiger partial charge in [0.2, 0.25) is 0 Å². The predicted molar refractivity (Wildman–Crippen MR) is 75.7 cm³/mol. The number of rotatable bonds is 5. The summed E-state index contributed by atoms with van der Waals surface area (Å²) < 4.78 is 5.84. The highest BCUT2D eigenvalue weighted by molar-refractivity contribution is 7.18. The molecule has 1 aromatic heterocycles. The van der Waals surface area contributed by atoms with Crippen molar-refractivity contribution in [2.45, 2.75) is 20.3 Å². The standard InChI is InChI=1S/C14H15NO4S/c1-3-19-13(18)14(2,12(16)17)8-11-15-9-6-4-5-7-10(9)20-11/h4-7H,3,8H2,1-2H3,(H,16,17). The van der Waals surface area contributed by atoms with E-state index in [0.717, 1.165) is 10.2 Å². The minimum Gasteiger partial charge on any atom is -0.480 e. The Morgan fingerprint density at radius 2 is 2.10 bits per heavy atom. The third kappa shape index (κ3) is 2.65. The fraction of sp³-hybridized carbons (Fsp3) is 0.357. The van der Waals surface area contributed by atoms with Crippen molar-refractivity contribution in [1.82, 2.24) is 4.98 Å². The number of aromatic nitrogens is 1. The second-order valence-corrected chi connectivity index (χ2v) is 5.73. The van der Waals surface area contributed by atoms with Gasteiger partial charge < -0.3 is 9.84 Å². The Hall–Kier alpha value is -1.95. The molecule has 0 saturated carbocycles. The second-order valence-electron chi connectivity index (χ2n) is 4.61. The Morgan fingerprint density at radius 1 is 1.40 bits per heavy atom. The molecule has 0 radical (unpaired) electrons. The Labute approximate surface area is 120 Å². The van der Waals surface area contributed by atoms with Crippen LogP contribution in [0.25, 0.3) is 10.2 Å². The lowest BCUT2D eigenvalue weighted by atomic mass is 9.87. The van der Waals surface area contributed by atoms with Crippen LogP contribution in [0.15, 0.2) is 24.3 Å². The highest BCUT2D eigenvalue weighted by Crippen LogP contribution is 2.30. The largest absolute Gasteiger partial charge is 0.480 e. The Morgan fingerprint density at radius 3 is 2.70 bits per heavy atom. The molecule has 0 aliphatic heterocycles. The molecule has 0 aliphatic carbocycles. The van der Waals surface area contributed by atoms with E-state index in [9.17, 15) is 14.7 Å². The predicted octanol–water partition coefficient (Wildman–Crippen LogP) is 2.49. The number of ether oxygens (including phenoxy) is 1. The van der Waals surface area contributed by atoms with Gasteiger partial charge in [0.15, 0.2) is 5.41 Å². The first-order valence-corrected chi connectivity index (χ1v) is 7.04. The van der Waals surface area contributed by atoms with Gasteiger partial charge in [0.1, 0.15) is 0 Å². The maximum absolute atomic E-state index is 11.9. The zero-order valence-electron chi connectivity index (χ0n) is 11.3. The molecule has 5 nitrogen and oxygen atoms in total. The number of carboxylic acids is 1. The van der Waals surface area contributed by atoms with Gasteiger partial charge in [-0.15, -0.1) is 11.3 Å². The van der Waals surface area contributed by atoms with Crippen LogP contribution in [0.5, 0.6) is 0 Å². The molecule has 106 valence electrons. The molecule has 0 amide bonds. The molecule has 2 rings (SSSR count). The van der Waals surface area contributed by atoms with Crippen molar-refractivity contribution in [3.63, 3.8) is 0 Å². The Kier molecular flexibility index (Phi) is 4.04. The quantitative estimate of drug-likeness (QED) is 0.677. The minimum atomic E-state index is -1.61. The summed E-state index contributed by atoms with van der Waals surface area (Å²) in [5.74, 6) is -1.93. The lowest BCUT2D eigenvalue weighted by molar-refractivity contribution is -0.167. The molecular formula is C14H15NO4S. The first-order chi connectivity index (χ1) is 9.47. The van der Waals surface area contributed by atoms with Crippen LogP contribution >= 0.6 is 11.3 Å². The second kappa shape index (κ2) is 5.58. The summed E-state index contributed by atoms with van der Waals surface area (Å²) in [5, 5.41) is 9.96. The summed E-state index contributed by atoms with van der Waals surface area (Å²) in [6.07, 6.45) is 0.0283. The topological polar surface area (TPSA) is 76.5 Å². The molecular weight excluding hydrogens is 278 g/mol. The van der Waals surface area contributed by atoms with Crippen LogP contribution in [-0.4, -0.2) is 28.6 Å². The summed E-state index contributed by atoms with van der Waals surface area (Å²) in [6, 6.07) is 7.54. The lowest BCUT2D eigenvalue weighted by Crippen LogP contribution is -2.39. The van der Waals surface area contributed by atoms with Gasteiger partial charge in [-0.25, -0.2) is 4.98 Å². The van der Waals surface area contributed by atoms with E-state index in [4.69, 9.17) is 4.74 Å². The molecule has 1 aromatic carbocycles. The number of hydrogen-bond acceptors (Lipinski definition) is 5. The Balaban J connectivity index is 2.32. The van der Waals surface area contributed by atoms with Crippen molar-refractivity contribution in [2.24, 2.45) is 5.41 Å². The van der Waals surface area contributed by atoms with Crippen molar-refractivity contribution >= 4 is 33.5 Å². The number of esters is 1. The van der Waals surface area contributed by atoms with Crippen LogP contribution in [0.2, 0.25) is 0 Å². The number of carbonyl (C=O) groups excluding carboxylic acids is 1. The number of benzene rings is 1. The number of para-hydroxylation sites is 1. The zero-order valence-corrected chi connectivity index (χ0v) is 12.1. The van der Waals surface area contributed by atoms with Gasteiger partial charge in [0.05, 0.1) is 21.8 Å². The first kappa shape index (κ1) is 14.5.